The first kappa shape index (κ1) is 17.9. The zero-order valence-corrected chi connectivity index (χ0v) is 15.2. The molecule has 2 aromatic carbocycles. The van der Waals surface area contributed by atoms with Gasteiger partial charge in [-0.15, -0.1) is 0 Å². The standard InChI is InChI=1S/C18H20ClN3O2S/c19-16-4-1-13(2-5-16)10-22-25(23,24)12-14-3-6-18-17(9-14)15(7-8-20)11-21-18/h1-6,9,11,21-22H,7-8,10,12,20H2. The molecule has 0 unspecified atom stereocenters. The van der Waals surface area contributed by atoms with Gasteiger partial charge >= 0.3 is 0 Å². The van der Waals surface area contributed by atoms with Crippen molar-refractivity contribution in [2.75, 3.05) is 6.54 Å². The highest BCUT2D eigenvalue weighted by atomic mass is 35.5. The number of hydrogen-bond donors (Lipinski definition) is 3. The number of nitrogens with one attached hydrogen (secondary N) is 2. The molecule has 1 aromatic heterocycles. The SMILES string of the molecule is NCCc1c[nH]c2ccc(CS(=O)(=O)NCc3ccc(Cl)cc3)cc12. The molecule has 5 nitrogen and oxygen atoms in total. The van der Waals surface area contributed by atoms with Gasteiger partial charge in [0.15, 0.2) is 0 Å². The van der Waals surface area contributed by atoms with Crippen LogP contribution in [0.1, 0.15) is 16.7 Å². The van der Waals surface area contributed by atoms with Crippen molar-refractivity contribution in [1.82, 2.24) is 9.71 Å². The molecular weight excluding hydrogens is 358 g/mol. The molecule has 0 radical (unpaired) electrons. The van der Waals surface area contributed by atoms with Gasteiger partial charge in [0.05, 0.1) is 5.75 Å². The highest BCUT2D eigenvalue weighted by molar-refractivity contribution is 7.88. The molecule has 0 aliphatic rings. The van der Waals surface area contributed by atoms with Gasteiger partial charge in [-0.25, -0.2) is 13.1 Å². The van der Waals surface area contributed by atoms with Crippen LogP contribution in [0.25, 0.3) is 10.9 Å². The van der Waals surface area contributed by atoms with Crippen LogP contribution in [0.2, 0.25) is 5.02 Å². The number of rotatable bonds is 7. The van der Waals surface area contributed by atoms with Crippen molar-refractivity contribution in [2.45, 2.75) is 18.7 Å². The minimum absolute atomic E-state index is 0.0657. The third-order valence-corrected chi connectivity index (χ3v) is 5.56. The van der Waals surface area contributed by atoms with Crippen molar-refractivity contribution < 1.29 is 8.42 Å². The monoisotopic (exact) mass is 377 g/mol. The summed E-state index contributed by atoms with van der Waals surface area (Å²) in [5.74, 6) is -0.0657. The Morgan fingerprint density at radius 1 is 1.08 bits per heavy atom. The smallest absolute Gasteiger partial charge is 0.216 e. The van der Waals surface area contributed by atoms with Crippen molar-refractivity contribution in [1.29, 1.82) is 0 Å². The van der Waals surface area contributed by atoms with Crippen LogP contribution < -0.4 is 10.5 Å². The van der Waals surface area contributed by atoms with Crippen molar-refractivity contribution >= 4 is 32.5 Å². The Morgan fingerprint density at radius 3 is 2.52 bits per heavy atom. The van der Waals surface area contributed by atoms with Crippen LogP contribution in [-0.2, 0) is 28.7 Å². The summed E-state index contributed by atoms with van der Waals surface area (Å²) in [6, 6.07) is 12.7. The number of aromatic amines is 1. The van der Waals surface area contributed by atoms with Crippen molar-refractivity contribution in [2.24, 2.45) is 5.73 Å². The normalized spacial score (nSPS) is 11.9. The van der Waals surface area contributed by atoms with Crippen LogP contribution in [0.5, 0.6) is 0 Å². The summed E-state index contributed by atoms with van der Waals surface area (Å²) in [6.45, 7) is 0.794. The van der Waals surface area contributed by atoms with E-state index in [1.54, 1.807) is 24.3 Å². The molecule has 0 amide bonds. The van der Waals surface area contributed by atoms with Gasteiger partial charge in [0, 0.05) is 28.7 Å². The van der Waals surface area contributed by atoms with Crippen LogP contribution in [0.15, 0.2) is 48.7 Å². The molecule has 3 aromatic rings. The largest absolute Gasteiger partial charge is 0.361 e. The molecule has 0 bridgehead atoms. The van der Waals surface area contributed by atoms with Gasteiger partial charge in [-0.05, 0) is 53.9 Å². The molecule has 0 saturated carbocycles. The van der Waals surface area contributed by atoms with E-state index in [-0.39, 0.29) is 12.3 Å². The highest BCUT2D eigenvalue weighted by Gasteiger charge is 2.13. The van der Waals surface area contributed by atoms with Gasteiger partial charge in [0.2, 0.25) is 10.0 Å². The van der Waals surface area contributed by atoms with Crippen LogP contribution in [-0.4, -0.2) is 19.9 Å². The molecule has 1 heterocycles. The fourth-order valence-electron chi connectivity index (χ4n) is 2.74. The number of H-pyrrole nitrogens is 1. The van der Waals surface area contributed by atoms with Crippen LogP contribution >= 0.6 is 11.6 Å². The Morgan fingerprint density at radius 2 is 1.80 bits per heavy atom. The van der Waals surface area contributed by atoms with E-state index in [9.17, 15) is 8.42 Å². The first-order valence-corrected chi connectivity index (χ1v) is 10.0. The molecule has 0 fully saturated rings. The number of benzene rings is 2. The maximum absolute atomic E-state index is 12.4. The van der Waals surface area contributed by atoms with Crippen LogP contribution in [0.4, 0.5) is 0 Å². The molecule has 25 heavy (non-hydrogen) atoms. The van der Waals surface area contributed by atoms with E-state index in [1.807, 2.05) is 24.4 Å². The van der Waals surface area contributed by atoms with Crippen molar-refractivity contribution in [3.63, 3.8) is 0 Å². The second kappa shape index (κ2) is 7.58. The summed E-state index contributed by atoms with van der Waals surface area (Å²) < 4.78 is 27.3. The lowest BCUT2D eigenvalue weighted by Crippen LogP contribution is -2.24. The van der Waals surface area contributed by atoms with Gasteiger partial charge in [0.1, 0.15) is 0 Å². The topological polar surface area (TPSA) is 88.0 Å². The minimum Gasteiger partial charge on any atom is -0.361 e. The average Bonchev–Trinajstić information content (AvgIpc) is 2.97. The second-order valence-corrected chi connectivity index (χ2v) is 8.18. The fourth-order valence-corrected chi connectivity index (χ4v) is 3.98. The van der Waals surface area contributed by atoms with Crippen molar-refractivity contribution in [3.05, 3.63) is 70.4 Å². The second-order valence-electron chi connectivity index (χ2n) is 5.94. The minimum atomic E-state index is -3.44. The first-order valence-electron chi connectivity index (χ1n) is 7.97. The molecule has 0 aliphatic heterocycles. The van der Waals surface area contributed by atoms with E-state index < -0.39 is 10.0 Å². The Kier molecular flexibility index (Phi) is 5.44. The van der Waals surface area contributed by atoms with E-state index >= 15 is 0 Å². The lowest BCUT2D eigenvalue weighted by atomic mass is 10.1. The van der Waals surface area contributed by atoms with E-state index in [1.165, 1.54) is 0 Å². The van der Waals surface area contributed by atoms with Crippen molar-refractivity contribution in [3.8, 4) is 0 Å². The number of sulfonamides is 1. The molecule has 4 N–H and O–H groups in total. The van der Waals surface area contributed by atoms with Crippen LogP contribution in [0.3, 0.4) is 0 Å². The zero-order chi connectivity index (χ0) is 17.9. The zero-order valence-electron chi connectivity index (χ0n) is 13.6. The molecule has 0 saturated heterocycles. The molecule has 3 rings (SSSR count). The fraction of sp³-hybridized carbons (Fsp3) is 0.222. The molecule has 0 atom stereocenters. The summed E-state index contributed by atoms with van der Waals surface area (Å²) >= 11 is 5.83. The number of aromatic nitrogens is 1. The van der Waals surface area contributed by atoms with E-state index in [0.29, 0.717) is 11.6 Å². The third kappa shape index (κ3) is 4.61. The van der Waals surface area contributed by atoms with Gasteiger partial charge in [0.25, 0.3) is 0 Å². The number of nitrogens with two attached hydrogens (primary N) is 1. The molecular formula is C18H20ClN3O2S. The maximum Gasteiger partial charge on any atom is 0.216 e. The molecule has 0 aliphatic carbocycles. The molecule has 7 heteroatoms. The lowest BCUT2D eigenvalue weighted by molar-refractivity contribution is 0.580. The molecule has 132 valence electrons. The van der Waals surface area contributed by atoms with Gasteiger partial charge in [-0.2, -0.15) is 0 Å². The highest BCUT2D eigenvalue weighted by Crippen LogP contribution is 2.21. The summed E-state index contributed by atoms with van der Waals surface area (Å²) in [6.07, 6.45) is 2.68. The Balaban J connectivity index is 1.72. The number of fused-ring (bicyclic) bond motifs is 1. The summed E-state index contributed by atoms with van der Waals surface area (Å²) in [4.78, 5) is 3.18. The summed E-state index contributed by atoms with van der Waals surface area (Å²) in [5.41, 5.74) is 9.32. The number of halogens is 1. The predicted molar refractivity (Wildman–Crippen MR) is 102 cm³/mol. The summed E-state index contributed by atoms with van der Waals surface area (Å²) in [7, 11) is -3.44. The van der Waals surface area contributed by atoms with E-state index in [4.69, 9.17) is 17.3 Å². The molecule has 0 spiro atoms. The van der Waals surface area contributed by atoms with E-state index in [2.05, 4.69) is 9.71 Å². The lowest BCUT2D eigenvalue weighted by Gasteiger charge is -2.08. The summed E-state index contributed by atoms with van der Waals surface area (Å²) in [5, 5.41) is 1.65. The van der Waals surface area contributed by atoms with Gasteiger partial charge < -0.3 is 10.7 Å². The Bertz CT molecular complexity index is 966. The van der Waals surface area contributed by atoms with E-state index in [0.717, 1.165) is 34.0 Å². The third-order valence-electron chi connectivity index (χ3n) is 4.01. The maximum atomic E-state index is 12.4. The van der Waals surface area contributed by atoms with Gasteiger partial charge in [-0.1, -0.05) is 29.8 Å². The Labute approximate surface area is 152 Å². The van der Waals surface area contributed by atoms with Gasteiger partial charge in [-0.3, -0.25) is 0 Å². The van der Waals surface area contributed by atoms with Crippen LogP contribution in [0, 0.1) is 0 Å². The average molecular weight is 378 g/mol. The quantitative estimate of drug-likeness (QED) is 0.591. The Hall–Kier alpha value is -1.86. The number of hydrogen-bond acceptors (Lipinski definition) is 3. The first-order chi connectivity index (χ1) is 12.0. The predicted octanol–water partition coefficient (Wildman–Crippen LogP) is 2.94.